The minimum absolute atomic E-state index is 0.0846. The van der Waals surface area contributed by atoms with Crippen LogP contribution >= 0.6 is 0 Å². The molecule has 6 heteroatoms. The van der Waals surface area contributed by atoms with E-state index in [4.69, 9.17) is 4.42 Å². The zero-order chi connectivity index (χ0) is 15.3. The summed E-state index contributed by atoms with van der Waals surface area (Å²) in [6.07, 6.45) is 2.65. The van der Waals surface area contributed by atoms with E-state index in [1.807, 2.05) is 19.9 Å². The fourth-order valence-corrected chi connectivity index (χ4v) is 3.20. The van der Waals surface area contributed by atoms with Crippen molar-refractivity contribution in [2.45, 2.75) is 39.2 Å². The van der Waals surface area contributed by atoms with Gasteiger partial charge in [-0.25, -0.2) is 0 Å². The van der Waals surface area contributed by atoms with Crippen molar-refractivity contribution in [3.63, 3.8) is 0 Å². The number of hydrogen-bond acceptors (Lipinski definition) is 3. The SMILES string of the molecule is Cc1cc2[nH]c(C(=O)NC3CCc4n[nH]c(C)c4C3)cc2o1. The number of carbonyl (C=O) groups is 1. The molecule has 0 aromatic carbocycles. The molecule has 1 amide bonds. The van der Waals surface area contributed by atoms with Gasteiger partial charge >= 0.3 is 0 Å². The fourth-order valence-electron chi connectivity index (χ4n) is 3.20. The zero-order valence-electron chi connectivity index (χ0n) is 12.6. The monoisotopic (exact) mass is 298 g/mol. The third-order valence-electron chi connectivity index (χ3n) is 4.35. The van der Waals surface area contributed by atoms with Crippen molar-refractivity contribution in [1.29, 1.82) is 0 Å². The first kappa shape index (κ1) is 13.2. The molecule has 4 rings (SSSR count). The number of H-pyrrole nitrogens is 2. The first-order valence-electron chi connectivity index (χ1n) is 7.53. The molecule has 0 aliphatic heterocycles. The summed E-state index contributed by atoms with van der Waals surface area (Å²) in [6.45, 7) is 3.91. The number of aromatic amines is 2. The summed E-state index contributed by atoms with van der Waals surface area (Å²) in [5.41, 5.74) is 5.60. The minimum Gasteiger partial charge on any atom is -0.460 e. The van der Waals surface area contributed by atoms with Crippen molar-refractivity contribution < 1.29 is 9.21 Å². The normalized spacial score (nSPS) is 17.6. The lowest BCUT2D eigenvalue weighted by molar-refractivity contribution is 0.0929. The van der Waals surface area contributed by atoms with Crippen molar-refractivity contribution >= 4 is 17.0 Å². The van der Waals surface area contributed by atoms with Crippen LogP contribution in [-0.4, -0.2) is 27.1 Å². The van der Waals surface area contributed by atoms with Gasteiger partial charge in [0.25, 0.3) is 5.91 Å². The largest absolute Gasteiger partial charge is 0.460 e. The Balaban J connectivity index is 1.50. The second-order valence-corrected chi connectivity index (χ2v) is 6.01. The van der Waals surface area contributed by atoms with Gasteiger partial charge in [-0.1, -0.05) is 0 Å². The maximum atomic E-state index is 12.4. The summed E-state index contributed by atoms with van der Waals surface area (Å²) < 4.78 is 5.52. The highest BCUT2D eigenvalue weighted by atomic mass is 16.3. The summed E-state index contributed by atoms with van der Waals surface area (Å²) in [6, 6.07) is 3.80. The molecular weight excluding hydrogens is 280 g/mol. The van der Waals surface area contributed by atoms with Gasteiger partial charge in [0.2, 0.25) is 0 Å². The Hall–Kier alpha value is -2.50. The van der Waals surface area contributed by atoms with E-state index in [9.17, 15) is 4.79 Å². The van der Waals surface area contributed by atoms with Gasteiger partial charge in [-0.15, -0.1) is 0 Å². The molecule has 0 radical (unpaired) electrons. The van der Waals surface area contributed by atoms with Gasteiger partial charge in [-0.2, -0.15) is 5.10 Å². The van der Waals surface area contributed by atoms with E-state index in [1.54, 1.807) is 6.07 Å². The molecule has 0 spiro atoms. The lowest BCUT2D eigenvalue weighted by Crippen LogP contribution is -2.39. The van der Waals surface area contributed by atoms with Crippen molar-refractivity contribution in [1.82, 2.24) is 20.5 Å². The molecule has 3 aromatic heterocycles. The third-order valence-corrected chi connectivity index (χ3v) is 4.35. The number of amides is 1. The predicted octanol–water partition coefficient (Wildman–Crippen LogP) is 2.39. The first-order valence-corrected chi connectivity index (χ1v) is 7.53. The molecule has 0 saturated carbocycles. The number of aryl methyl sites for hydroxylation is 3. The topological polar surface area (TPSA) is 86.7 Å². The second-order valence-electron chi connectivity index (χ2n) is 6.01. The number of fused-ring (bicyclic) bond motifs is 2. The highest BCUT2D eigenvalue weighted by Crippen LogP contribution is 2.23. The Morgan fingerprint density at radius 1 is 1.41 bits per heavy atom. The van der Waals surface area contributed by atoms with E-state index in [0.717, 1.165) is 47.5 Å². The van der Waals surface area contributed by atoms with Gasteiger partial charge in [-0.05, 0) is 38.7 Å². The highest BCUT2D eigenvalue weighted by molar-refractivity contribution is 5.97. The van der Waals surface area contributed by atoms with Crippen LogP contribution in [0.2, 0.25) is 0 Å². The van der Waals surface area contributed by atoms with Gasteiger partial charge in [-0.3, -0.25) is 9.89 Å². The number of carbonyl (C=O) groups excluding carboxylic acids is 1. The highest BCUT2D eigenvalue weighted by Gasteiger charge is 2.24. The fraction of sp³-hybridized carbons (Fsp3) is 0.375. The molecular formula is C16H18N4O2. The number of nitrogens with zero attached hydrogens (tertiary/aromatic N) is 1. The van der Waals surface area contributed by atoms with Gasteiger partial charge in [0, 0.05) is 23.9 Å². The van der Waals surface area contributed by atoms with Crippen LogP contribution in [0.4, 0.5) is 0 Å². The number of rotatable bonds is 2. The molecule has 114 valence electrons. The van der Waals surface area contributed by atoms with E-state index in [1.165, 1.54) is 5.56 Å². The molecule has 1 atom stereocenters. The summed E-state index contributed by atoms with van der Waals surface area (Å²) in [5, 5.41) is 10.4. The van der Waals surface area contributed by atoms with Crippen molar-refractivity contribution in [3.8, 4) is 0 Å². The molecule has 3 aromatic rings. The molecule has 1 aliphatic rings. The smallest absolute Gasteiger partial charge is 0.268 e. The van der Waals surface area contributed by atoms with E-state index in [-0.39, 0.29) is 11.9 Å². The summed E-state index contributed by atoms with van der Waals surface area (Å²) in [7, 11) is 0. The molecule has 22 heavy (non-hydrogen) atoms. The molecule has 0 saturated heterocycles. The van der Waals surface area contributed by atoms with E-state index in [2.05, 4.69) is 20.5 Å². The van der Waals surface area contributed by atoms with Crippen LogP contribution in [0.3, 0.4) is 0 Å². The average Bonchev–Trinajstić information content (AvgIpc) is 3.12. The average molecular weight is 298 g/mol. The zero-order valence-corrected chi connectivity index (χ0v) is 12.6. The number of furan rings is 1. The summed E-state index contributed by atoms with van der Waals surface area (Å²) in [5.74, 6) is 0.752. The van der Waals surface area contributed by atoms with Gasteiger partial charge in [0.15, 0.2) is 5.58 Å². The van der Waals surface area contributed by atoms with Crippen LogP contribution in [0.5, 0.6) is 0 Å². The summed E-state index contributed by atoms with van der Waals surface area (Å²) >= 11 is 0. The Labute approximate surface area is 127 Å². The first-order chi connectivity index (χ1) is 10.6. The second kappa shape index (κ2) is 4.76. The molecule has 0 bridgehead atoms. The number of hydrogen-bond donors (Lipinski definition) is 3. The third kappa shape index (κ3) is 2.11. The van der Waals surface area contributed by atoms with Gasteiger partial charge in [0.1, 0.15) is 11.5 Å². The van der Waals surface area contributed by atoms with Crippen LogP contribution < -0.4 is 5.32 Å². The number of aromatic nitrogens is 3. The van der Waals surface area contributed by atoms with Crippen molar-refractivity contribution in [2.75, 3.05) is 0 Å². The van der Waals surface area contributed by atoms with Crippen LogP contribution in [0.15, 0.2) is 16.5 Å². The maximum absolute atomic E-state index is 12.4. The molecule has 1 aliphatic carbocycles. The minimum atomic E-state index is -0.0846. The molecule has 6 nitrogen and oxygen atoms in total. The van der Waals surface area contributed by atoms with Gasteiger partial charge in [0.05, 0.1) is 11.2 Å². The summed E-state index contributed by atoms with van der Waals surface area (Å²) in [4.78, 5) is 15.5. The standard InChI is InChI=1S/C16H18N4O2/c1-8-5-13-15(22-8)7-14(18-13)16(21)17-10-3-4-12-11(6-10)9(2)19-20-12/h5,7,10,18H,3-4,6H2,1-2H3,(H,17,21)(H,19,20). The van der Waals surface area contributed by atoms with Gasteiger partial charge < -0.3 is 14.7 Å². The van der Waals surface area contributed by atoms with E-state index < -0.39 is 0 Å². The lowest BCUT2D eigenvalue weighted by Gasteiger charge is -2.22. The Morgan fingerprint density at radius 3 is 3.09 bits per heavy atom. The van der Waals surface area contributed by atoms with Crippen LogP contribution in [0.1, 0.15) is 39.6 Å². The molecule has 0 fully saturated rings. The maximum Gasteiger partial charge on any atom is 0.268 e. The van der Waals surface area contributed by atoms with E-state index in [0.29, 0.717) is 5.69 Å². The van der Waals surface area contributed by atoms with Crippen molar-refractivity contribution in [3.05, 3.63) is 40.5 Å². The van der Waals surface area contributed by atoms with Crippen molar-refractivity contribution in [2.24, 2.45) is 0 Å². The van der Waals surface area contributed by atoms with E-state index >= 15 is 0 Å². The van der Waals surface area contributed by atoms with Crippen LogP contribution in [0.25, 0.3) is 11.1 Å². The Kier molecular flexibility index (Phi) is 2.85. The predicted molar refractivity (Wildman–Crippen MR) is 81.9 cm³/mol. The Bertz CT molecular complexity index is 823. The molecule has 3 N–H and O–H groups in total. The lowest BCUT2D eigenvalue weighted by atomic mass is 9.92. The Morgan fingerprint density at radius 2 is 2.27 bits per heavy atom. The quantitative estimate of drug-likeness (QED) is 0.679. The van der Waals surface area contributed by atoms with Crippen LogP contribution in [-0.2, 0) is 12.8 Å². The number of nitrogens with one attached hydrogen (secondary N) is 3. The molecule has 3 heterocycles. The van der Waals surface area contributed by atoms with Crippen LogP contribution in [0, 0.1) is 13.8 Å². The molecule has 1 unspecified atom stereocenters.